The molecule has 1 saturated carbocycles. The number of urea groups is 1. The molecule has 0 unspecified atom stereocenters. The molecule has 138 valence electrons. The molecule has 1 saturated heterocycles. The van der Waals surface area contributed by atoms with Crippen molar-refractivity contribution in [1.29, 1.82) is 0 Å². The van der Waals surface area contributed by atoms with E-state index in [0.717, 1.165) is 17.4 Å². The van der Waals surface area contributed by atoms with E-state index in [9.17, 15) is 9.59 Å². The third-order valence-corrected chi connectivity index (χ3v) is 5.07. The number of aryl methyl sites for hydroxylation is 1. The van der Waals surface area contributed by atoms with Crippen molar-refractivity contribution in [3.8, 4) is 0 Å². The summed E-state index contributed by atoms with van der Waals surface area (Å²) in [6.07, 6.45) is 2.32. The summed E-state index contributed by atoms with van der Waals surface area (Å²) in [5, 5.41) is 2.89. The van der Waals surface area contributed by atoms with E-state index in [2.05, 4.69) is 18.3 Å². The molecule has 1 aromatic rings. The van der Waals surface area contributed by atoms with Crippen molar-refractivity contribution in [2.75, 3.05) is 26.2 Å². The van der Waals surface area contributed by atoms with Gasteiger partial charge < -0.3 is 19.5 Å². The Hall–Kier alpha value is -1.98. The number of carbonyl (C=O) groups is 2. The molecule has 0 spiro atoms. The maximum atomic E-state index is 12.4. The molecule has 0 radical (unpaired) electrons. The van der Waals surface area contributed by atoms with Crippen LogP contribution in [-0.2, 0) is 11.2 Å². The van der Waals surface area contributed by atoms with Crippen molar-refractivity contribution in [2.45, 2.75) is 52.0 Å². The average Bonchev–Trinajstić information content (AvgIpc) is 3.13. The molecular weight excluding hydrogens is 318 g/mol. The van der Waals surface area contributed by atoms with Crippen LogP contribution in [0.5, 0.6) is 0 Å². The highest BCUT2D eigenvalue weighted by Gasteiger charge is 2.36. The van der Waals surface area contributed by atoms with E-state index in [-0.39, 0.29) is 18.0 Å². The summed E-state index contributed by atoms with van der Waals surface area (Å²) >= 11 is 0. The van der Waals surface area contributed by atoms with Gasteiger partial charge in [0.15, 0.2) is 0 Å². The Balaban J connectivity index is 1.40. The molecular formula is C19H29N3O3. The number of nitrogens with one attached hydrogen (secondary N) is 1. The van der Waals surface area contributed by atoms with Crippen molar-refractivity contribution in [3.05, 3.63) is 23.7 Å². The van der Waals surface area contributed by atoms with Crippen LogP contribution in [0, 0.1) is 5.92 Å². The molecule has 1 aromatic heterocycles. The number of hydrogen-bond donors (Lipinski definition) is 1. The fourth-order valence-electron chi connectivity index (χ4n) is 3.33. The maximum absolute atomic E-state index is 12.4. The Morgan fingerprint density at radius 3 is 2.44 bits per heavy atom. The Morgan fingerprint density at radius 2 is 1.84 bits per heavy atom. The molecule has 1 N–H and O–H groups in total. The quantitative estimate of drug-likeness (QED) is 0.890. The Morgan fingerprint density at radius 1 is 1.20 bits per heavy atom. The number of amides is 3. The lowest BCUT2D eigenvalue weighted by molar-refractivity contribution is -0.132. The van der Waals surface area contributed by atoms with Gasteiger partial charge in [0.1, 0.15) is 11.5 Å². The van der Waals surface area contributed by atoms with Gasteiger partial charge in [-0.1, -0.05) is 6.92 Å². The monoisotopic (exact) mass is 347 g/mol. The van der Waals surface area contributed by atoms with Crippen molar-refractivity contribution >= 4 is 11.9 Å². The zero-order valence-electron chi connectivity index (χ0n) is 15.5. The Kier molecular flexibility index (Phi) is 5.35. The lowest BCUT2D eigenvalue weighted by atomic mass is 10.2. The molecule has 0 bridgehead atoms. The number of nitrogens with zero attached hydrogens (tertiary/aromatic N) is 2. The molecule has 1 aliphatic carbocycles. The second kappa shape index (κ2) is 7.50. The Bertz CT molecular complexity index is 617. The summed E-state index contributed by atoms with van der Waals surface area (Å²) in [7, 11) is 0. The second-order valence-corrected chi connectivity index (χ2v) is 7.60. The second-order valence-electron chi connectivity index (χ2n) is 7.60. The van der Waals surface area contributed by atoms with Gasteiger partial charge in [-0.25, -0.2) is 4.79 Å². The minimum Gasteiger partial charge on any atom is -0.466 e. The lowest BCUT2D eigenvalue weighted by Gasteiger charge is -2.35. The van der Waals surface area contributed by atoms with Gasteiger partial charge in [-0.05, 0) is 38.3 Å². The van der Waals surface area contributed by atoms with Crippen LogP contribution in [0.15, 0.2) is 16.5 Å². The van der Waals surface area contributed by atoms with Gasteiger partial charge >= 0.3 is 6.03 Å². The highest BCUT2D eigenvalue weighted by molar-refractivity contribution is 5.78. The lowest BCUT2D eigenvalue weighted by Crippen LogP contribution is -2.54. The van der Waals surface area contributed by atoms with Crippen LogP contribution in [-0.4, -0.2) is 54.0 Å². The SMILES string of the molecule is CC(C)NC(=O)N1CCN(C(=O)CCc2ccc([C@@H]3C[C@@H]3C)o2)CC1. The number of piperazine rings is 1. The zero-order valence-corrected chi connectivity index (χ0v) is 15.5. The predicted molar refractivity (Wildman–Crippen MR) is 95.4 cm³/mol. The molecule has 6 heteroatoms. The summed E-state index contributed by atoms with van der Waals surface area (Å²) < 4.78 is 5.87. The van der Waals surface area contributed by atoms with E-state index >= 15 is 0 Å². The molecule has 25 heavy (non-hydrogen) atoms. The van der Waals surface area contributed by atoms with Crippen molar-refractivity contribution < 1.29 is 14.0 Å². The summed E-state index contributed by atoms with van der Waals surface area (Å²) in [4.78, 5) is 28.0. The fraction of sp³-hybridized carbons (Fsp3) is 0.684. The van der Waals surface area contributed by atoms with E-state index in [4.69, 9.17) is 4.42 Å². The van der Waals surface area contributed by atoms with Gasteiger partial charge in [0.2, 0.25) is 5.91 Å². The topological polar surface area (TPSA) is 65.8 Å². The van der Waals surface area contributed by atoms with E-state index in [1.54, 1.807) is 4.90 Å². The minimum absolute atomic E-state index is 0.0421. The number of rotatable bonds is 5. The predicted octanol–water partition coefficient (Wildman–Crippen LogP) is 2.60. The third-order valence-electron chi connectivity index (χ3n) is 5.07. The van der Waals surface area contributed by atoms with Crippen molar-refractivity contribution in [3.63, 3.8) is 0 Å². The van der Waals surface area contributed by atoms with Crippen LogP contribution in [0.4, 0.5) is 4.79 Å². The third kappa shape index (κ3) is 4.55. The molecule has 1 aliphatic heterocycles. The molecule has 2 aliphatic rings. The van der Waals surface area contributed by atoms with Crippen molar-refractivity contribution in [1.82, 2.24) is 15.1 Å². The number of furan rings is 1. The van der Waals surface area contributed by atoms with Crippen LogP contribution in [0.1, 0.15) is 51.1 Å². The fourth-order valence-corrected chi connectivity index (χ4v) is 3.33. The molecule has 3 rings (SSSR count). The number of hydrogen-bond acceptors (Lipinski definition) is 3. The summed E-state index contributed by atoms with van der Waals surface area (Å²) in [5.41, 5.74) is 0. The first-order valence-electron chi connectivity index (χ1n) is 9.36. The van der Waals surface area contributed by atoms with Gasteiger partial charge in [-0.2, -0.15) is 0 Å². The van der Waals surface area contributed by atoms with Crippen LogP contribution >= 0.6 is 0 Å². The van der Waals surface area contributed by atoms with Gasteiger partial charge in [0.05, 0.1) is 0 Å². The highest BCUT2D eigenvalue weighted by Crippen LogP contribution is 2.47. The van der Waals surface area contributed by atoms with Crippen LogP contribution in [0.2, 0.25) is 0 Å². The first-order valence-corrected chi connectivity index (χ1v) is 9.36. The van der Waals surface area contributed by atoms with E-state index in [1.165, 1.54) is 6.42 Å². The Labute approximate surface area is 149 Å². The smallest absolute Gasteiger partial charge is 0.317 e. The normalized spacial score (nSPS) is 23.0. The maximum Gasteiger partial charge on any atom is 0.317 e. The standard InChI is InChI=1S/C19H29N3O3/c1-13(2)20-19(24)22-10-8-21(9-11-22)18(23)7-5-15-4-6-17(25-15)16-12-14(16)3/h4,6,13-14,16H,5,7-12H2,1-3H3,(H,20,24)/t14-,16+/m0/s1. The molecule has 2 heterocycles. The van der Waals surface area contributed by atoms with Gasteiger partial charge in [0.25, 0.3) is 0 Å². The molecule has 3 amide bonds. The van der Waals surface area contributed by atoms with Gasteiger partial charge in [-0.3, -0.25) is 4.79 Å². The number of carbonyl (C=O) groups excluding carboxylic acids is 2. The largest absolute Gasteiger partial charge is 0.466 e. The summed E-state index contributed by atoms with van der Waals surface area (Å²) in [6, 6.07) is 4.14. The molecule has 6 nitrogen and oxygen atoms in total. The van der Waals surface area contributed by atoms with E-state index < -0.39 is 0 Å². The molecule has 2 fully saturated rings. The van der Waals surface area contributed by atoms with E-state index in [0.29, 0.717) is 44.9 Å². The molecule has 2 atom stereocenters. The van der Waals surface area contributed by atoms with Gasteiger partial charge in [-0.15, -0.1) is 0 Å². The van der Waals surface area contributed by atoms with Crippen LogP contribution < -0.4 is 5.32 Å². The first kappa shape index (κ1) is 17.8. The minimum atomic E-state index is -0.0421. The zero-order chi connectivity index (χ0) is 18.0. The summed E-state index contributed by atoms with van der Waals surface area (Å²) in [5.74, 6) is 3.41. The van der Waals surface area contributed by atoms with Crippen molar-refractivity contribution in [2.24, 2.45) is 5.92 Å². The van der Waals surface area contributed by atoms with E-state index in [1.807, 2.05) is 24.8 Å². The summed E-state index contributed by atoms with van der Waals surface area (Å²) in [6.45, 7) is 8.52. The molecule has 0 aromatic carbocycles. The first-order chi connectivity index (χ1) is 11.9. The van der Waals surface area contributed by atoms with Crippen LogP contribution in [0.3, 0.4) is 0 Å². The highest BCUT2D eigenvalue weighted by atomic mass is 16.3. The van der Waals surface area contributed by atoms with Gasteiger partial charge in [0, 0.05) is 51.0 Å². The average molecular weight is 347 g/mol. The van der Waals surface area contributed by atoms with Crippen LogP contribution in [0.25, 0.3) is 0 Å².